The van der Waals surface area contributed by atoms with Crippen LogP contribution in [0, 0.1) is 11.2 Å². The average Bonchev–Trinajstić information content (AvgIpc) is 2.42. The van der Waals surface area contributed by atoms with Crippen molar-refractivity contribution in [3.8, 4) is 17.2 Å². The summed E-state index contributed by atoms with van der Waals surface area (Å²) in [5.41, 5.74) is 1.76. The van der Waals surface area contributed by atoms with Gasteiger partial charge in [-0.1, -0.05) is 13.0 Å². The monoisotopic (exact) mass is 273 g/mol. The van der Waals surface area contributed by atoms with E-state index in [-0.39, 0.29) is 23.0 Å². The minimum absolute atomic E-state index is 0.0175. The van der Waals surface area contributed by atoms with Gasteiger partial charge in [-0.05, 0) is 54.8 Å². The van der Waals surface area contributed by atoms with Gasteiger partial charge in [-0.3, -0.25) is 0 Å². The molecule has 2 aromatic carbocycles. The summed E-state index contributed by atoms with van der Waals surface area (Å²) in [6, 6.07) is 9.35. The number of aryl methyl sites for hydroxylation is 1. The van der Waals surface area contributed by atoms with E-state index < -0.39 is 5.82 Å². The molecule has 0 aliphatic carbocycles. The summed E-state index contributed by atoms with van der Waals surface area (Å²) in [7, 11) is 0. The molecule has 104 valence electrons. The molecule has 0 spiro atoms. The number of phenols is 1. The number of phenolic OH excluding ortho intramolecular Hbond substituents is 1. The predicted molar refractivity (Wildman–Crippen MR) is 76.5 cm³/mol. The van der Waals surface area contributed by atoms with Crippen LogP contribution in [-0.4, -0.2) is 10.8 Å². The molecular formula is C16H16FNO2. The van der Waals surface area contributed by atoms with Gasteiger partial charge in [0.05, 0.1) is 0 Å². The molecule has 0 heterocycles. The number of nitrogens with one attached hydrogen (secondary N) is 1. The summed E-state index contributed by atoms with van der Waals surface area (Å²) in [4.78, 5) is 0. The van der Waals surface area contributed by atoms with Crippen molar-refractivity contribution in [1.82, 2.24) is 0 Å². The lowest BCUT2D eigenvalue weighted by Crippen LogP contribution is -1.95. The second kappa shape index (κ2) is 5.74. The second-order valence-electron chi connectivity index (χ2n) is 4.53. The molecule has 20 heavy (non-hydrogen) atoms. The molecule has 2 rings (SSSR count). The first-order valence-corrected chi connectivity index (χ1v) is 6.36. The Kier molecular flexibility index (Phi) is 4.03. The number of aromatic hydroxyl groups is 1. The molecule has 3 nitrogen and oxygen atoms in total. The lowest BCUT2D eigenvalue weighted by atomic mass is 10.1. The van der Waals surface area contributed by atoms with E-state index in [9.17, 15) is 9.50 Å². The SMILES string of the molecule is CCc1ccc(Oc2ccc(C(C)=N)cc2F)c(O)c1. The highest BCUT2D eigenvalue weighted by molar-refractivity contribution is 5.96. The van der Waals surface area contributed by atoms with Crippen LogP contribution in [-0.2, 0) is 6.42 Å². The molecule has 0 aromatic heterocycles. The highest BCUT2D eigenvalue weighted by Crippen LogP contribution is 2.33. The predicted octanol–water partition coefficient (Wildman–Crippen LogP) is 4.27. The normalized spacial score (nSPS) is 10.3. The summed E-state index contributed by atoms with van der Waals surface area (Å²) in [6.07, 6.45) is 0.801. The summed E-state index contributed by atoms with van der Waals surface area (Å²) >= 11 is 0. The molecule has 0 bridgehead atoms. The van der Waals surface area contributed by atoms with Gasteiger partial charge in [-0.15, -0.1) is 0 Å². The van der Waals surface area contributed by atoms with Crippen molar-refractivity contribution in [2.75, 3.05) is 0 Å². The van der Waals surface area contributed by atoms with Gasteiger partial charge < -0.3 is 15.3 Å². The molecule has 2 aromatic rings. The van der Waals surface area contributed by atoms with Crippen molar-refractivity contribution in [1.29, 1.82) is 5.41 Å². The summed E-state index contributed by atoms with van der Waals surface area (Å²) in [5, 5.41) is 17.3. The second-order valence-corrected chi connectivity index (χ2v) is 4.53. The van der Waals surface area contributed by atoms with Gasteiger partial charge in [0.2, 0.25) is 0 Å². The first kappa shape index (κ1) is 14.1. The van der Waals surface area contributed by atoms with E-state index in [0.717, 1.165) is 12.0 Å². The largest absolute Gasteiger partial charge is 0.504 e. The number of hydrogen-bond acceptors (Lipinski definition) is 3. The maximum atomic E-state index is 13.9. The smallest absolute Gasteiger partial charge is 0.169 e. The average molecular weight is 273 g/mol. The zero-order chi connectivity index (χ0) is 14.7. The van der Waals surface area contributed by atoms with Gasteiger partial charge >= 0.3 is 0 Å². The molecule has 0 unspecified atom stereocenters. The highest BCUT2D eigenvalue weighted by Gasteiger charge is 2.10. The van der Waals surface area contributed by atoms with Crippen LogP contribution in [0.1, 0.15) is 25.0 Å². The van der Waals surface area contributed by atoms with E-state index in [1.54, 1.807) is 25.1 Å². The fourth-order valence-corrected chi connectivity index (χ4v) is 1.80. The molecule has 0 saturated carbocycles. The maximum absolute atomic E-state index is 13.9. The van der Waals surface area contributed by atoms with E-state index in [1.165, 1.54) is 12.1 Å². The van der Waals surface area contributed by atoms with Crippen LogP contribution in [0.4, 0.5) is 4.39 Å². The Morgan fingerprint density at radius 1 is 1.20 bits per heavy atom. The first-order chi connectivity index (χ1) is 9.51. The Morgan fingerprint density at radius 2 is 1.90 bits per heavy atom. The van der Waals surface area contributed by atoms with Crippen LogP contribution < -0.4 is 4.74 Å². The zero-order valence-electron chi connectivity index (χ0n) is 11.4. The van der Waals surface area contributed by atoms with E-state index >= 15 is 0 Å². The van der Waals surface area contributed by atoms with Crippen molar-refractivity contribution in [3.63, 3.8) is 0 Å². The van der Waals surface area contributed by atoms with Crippen LogP contribution in [0.5, 0.6) is 17.2 Å². The van der Waals surface area contributed by atoms with E-state index in [2.05, 4.69) is 0 Å². The number of benzene rings is 2. The molecule has 0 fully saturated rings. The van der Waals surface area contributed by atoms with Crippen molar-refractivity contribution in [2.45, 2.75) is 20.3 Å². The van der Waals surface area contributed by atoms with Gasteiger partial charge in [0.1, 0.15) is 0 Å². The number of halogens is 1. The molecule has 2 N–H and O–H groups in total. The summed E-state index contributed by atoms with van der Waals surface area (Å²) in [5.74, 6) is -0.348. The minimum atomic E-state index is -0.562. The van der Waals surface area contributed by atoms with Crippen molar-refractivity contribution < 1.29 is 14.2 Å². The molecule has 0 aliphatic heterocycles. The molecule has 0 atom stereocenters. The Morgan fingerprint density at radius 3 is 2.45 bits per heavy atom. The summed E-state index contributed by atoms with van der Waals surface area (Å²) in [6.45, 7) is 3.57. The molecular weight excluding hydrogens is 257 g/mol. The molecule has 0 radical (unpaired) electrons. The lowest BCUT2D eigenvalue weighted by molar-refractivity contribution is 0.395. The number of rotatable bonds is 4. The number of ether oxygens (including phenoxy) is 1. The molecule has 0 aliphatic rings. The van der Waals surface area contributed by atoms with Gasteiger partial charge in [0, 0.05) is 5.71 Å². The Bertz CT molecular complexity index is 653. The van der Waals surface area contributed by atoms with Gasteiger partial charge in [-0.2, -0.15) is 0 Å². The van der Waals surface area contributed by atoms with Crippen LogP contribution >= 0.6 is 0 Å². The Labute approximate surface area is 117 Å². The first-order valence-electron chi connectivity index (χ1n) is 6.36. The third-order valence-electron chi connectivity index (χ3n) is 3.02. The van der Waals surface area contributed by atoms with Crippen LogP contribution in [0.3, 0.4) is 0 Å². The topological polar surface area (TPSA) is 53.3 Å². The van der Waals surface area contributed by atoms with Gasteiger partial charge in [0.15, 0.2) is 23.1 Å². The fraction of sp³-hybridized carbons (Fsp3) is 0.188. The summed E-state index contributed by atoms with van der Waals surface area (Å²) < 4.78 is 19.2. The van der Waals surface area contributed by atoms with Crippen molar-refractivity contribution >= 4 is 5.71 Å². The van der Waals surface area contributed by atoms with Crippen LogP contribution in [0.15, 0.2) is 36.4 Å². The van der Waals surface area contributed by atoms with E-state index in [0.29, 0.717) is 5.56 Å². The number of hydrogen-bond donors (Lipinski definition) is 2. The standard InChI is InChI=1S/C16H16FNO2/c1-3-11-4-6-16(14(19)8-11)20-15-7-5-12(10(2)18)9-13(15)17/h4-9,18-19H,3H2,1-2H3. The zero-order valence-corrected chi connectivity index (χ0v) is 11.4. The van der Waals surface area contributed by atoms with E-state index in [4.69, 9.17) is 10.1 Å². The van der Waals surface area contributed by atoms with Crippen molar-refractivity contribution in [2.24, 2.45) is 0 Å². The molecule has 0 amide bonds. The third-order valence-corrected chi connectivity index (χ3v) is 3.02. The van der Waals surface area contributed by atoms with Gasteiger partial charge in [0.25, 0.3) is 0 Å². The van der Waals surface area contributed by atoms with Crippen molar-refractivity contribution in [3.05, 3.63) is 53.3 Å². The Balaban J connectivity index is 2.28. The third kappa shape index (κ3) is 2.96. The molecule has 0 saturated heterocycles. The highest BCUT2D eigenvalue weighted by atomic mass is 19.1. The minimum Gasteiger partial charge on any atom is -0.504 e. The fourth-order valence-electron chi connectivity index (χ4n) is 1.80. The lowest BCUT2D eigenvalue weighted by Gasteiger charge is -2.10. The molecule has 4 heteroatoms. The Hall–Kier alpha value is -2.36. The van der Waals surface area contributed by atoms with Gasteiger partial charge in [-0.25, -0.2) is 4.39 Å². The van der Waals surface area contributed by atoms with Crippen LogP contribution in [0.2, 0.25) is 0 Å². The van der Waals surface area contributed by atoms with Crippen LogP contribution in [0.25, 0.3) is 0 Å². The van der Waals surface area contributed by atoms with E-state index in [1.807, 2.05) is 13.0 Å². The quantitative estimate of drug-likeness (QED) is 0.817. The maximum Gasteiger partial charge on any atom is 0.169 e.